The number of carbonyl (C=O) groups excluding carboxylic acids is 2. The minimum atomic E-state index is -1.44. The first-order valence-corrected chi connectivity index (χ1v) is 3.03. The molecule has 5 heteroatoms. The van der Waals surface area contributed by atoms with Gasteiger partial charge < -0.3 is 14.9 Å². The van der Waals surface area contributed by atoms with Gasteiger partial charge in [0.2, 0.25) is 0 Å². The summed E-state index contributed by atoms with van der Waals surface area (Å²) in [7, 11) is 0. The van der Waals surface area contributed by atoms with Gasteiger partial charge in [0.05, 0.1) is 6.42 Å². The molecule has 0 aromatic carbocycles. The average Bonchev–Trinajstić information content (AvgIpc) is 1.98. The topological polar surface area (TPSA) is 83.8 Å². The van der Waals surface area contributed by atoms with E-state index < -0.39 is 18.3 Å². The Bertz CT molecular complexity index is 165. The molecule has 0 aliphatic rings. The van der Waals surface area contributed by atoms with E-state index in [2.05, 4.69) is 4.74 Å². The fraction of sp³-hybridized carbons (Fsp3) is 0.667. The minimum Gasteiger partial charge on any atom is -0.396 e. The second-order valence-electron chi connectivity index (χ2n) is 1.99. The molecule has 0 spiro atoms. The van der Waals surface area contributed by atoms with Crippen LogP contribution in [0.15, 0.2) is 0 Å². The Kier molecular flexibility index (Phi) is 4.31. The van der Waals surface area contributed by atoms with Crippen molar-refractivity contribution in [2.75, 3.05) is 13.2 Å². The van der Waals surface area contributed by atoms with Gasteiger partial charge in [-0.2, -0.15) is 0 Å². The number of aliphatic hydroxyl groups is 2. The van der Waals surface area contributed by atoms with E-state index in [1.807, 2.05) is 0 Å². The van der Waals surface area contributed by atoms with Gasteiger partial charge >= 0.3 is 12.4 Å². The number of ether oxygens (including phenoxy) is 1. The predicted molar refractivity (Wildman–Crippen MR) is 34.4 cm³/mol. The molecule has 64 valence electrons. The van der Waals surface area contributed by atoms with Gasteiger partial charge in [0.25, 0.3) is 0 Å². The van der Waals surface area contributed by atoms with Crippen LogP contribution in [-0.4, -0.2) is 35.8 Å². The second-order valence-corrected chi connectivity index (χ2v) is 1.99. The van der Waals surface area contributed by atoms with E-state index in [0.717, 1.165) is 0 Å². The zero-order valence-corrected chi connectivity index (χ0v) is 5.82. The Morgan fingerprint density at radius 1 is 1.64 bits per heavy atom. The lowest BCUT2D eigenvalue weighted by Crippen LogP contribution is -2.17. The summed E-state index contributed by atoms with van der Waals surface area (Å²) in [4.78, 5) is 20.5. The van der Waals surface area contributed by atoms with Crippen molar-refractivity contribution in [2.45, 2.75) is 6.42 Å². The SMILES string of the molecule is [2H]C(=O)OC(=O)CC(CO)CO. The van der Waals surface area contributed by atoms with Crippen LogP contribution >= 0.6 is 0 Å². The fourth-order valence-electron chi connectivity index (χ4n) is 0.511. The molecule has 0 aromatic heterocycles. The molecule has 2 N–H and O–H groups in total. The molecule has 0 atom stereocenters. The zero-order chi connectivity index (χ0) is 9.56. The van der Waals surface area contributed by atoms with Gasteiger partial charge in [0.1, 0.15) is 0 Å². The van der Waals surface area contributed by atoms with E-state index in [1.165, 1.54) is 0 Å². The Labute approximate surface area is 65.0 Å². The van der Waals surface area contributed by atoms with Crippen LogP contribution in [0.3, 0.4) is 0 Å². The number of esters is 1. The highest BCUT2D eigenvalue weighted by atomic mass is 16.6. The van der Waals surface area contributed by atoms with Crippen molar-refractivity contribution >= 4 is 12.4 Å². The Morgan fingerprint density at radius 2 is 2.18 bits per heavy atom. The highest BCUT2D eigenvalue weighted by molar-refractivity contribution is 5.76. The van der Waals surface area contributed by atoms with E-state index >= 15 is 0 Å². The molecule has 0 fully saturated rings. The van der Waals surface area contributed by atoms with Crippen molar-refractivity contribution in [1.82, 2.24) is 0 Å². The van der Waals surface area contributed by atoms with Crippen molar-refractivity contribution in [3.63, 3.8) is 0 Å². The van der Waals surface area contributed by atoms with Gasteiger partial charge in [-0.3, -0.25) is 9.59 Å². The van der Waals surface area contributed by atoms with Crippen molar-refractivity contribution < 1.29 is 25.9 Å². The first kappa shape index (κ1) is 8.16. The summed E-state index contributed by atoms with van der Waals surface area (Å²) in [6.45, 7) is -0.727. The summed E-state index contributed by atoms with van der Waals surface area (Å²) in [5, 5.41) is 17.0. The number of hydrogen-bond acceptors (Lipinski definition) is 5. The van der Waals surface area contributed by atoms with Crippen LogP contribution in [0, 0.1) is 5.92 Å². The van der Waals surface area contributed by atoms with Gasteiger partial charge in [0, 0.05) is 19.1 Å². The van der Waals surface area contributed by atoms with Crippen LogP contribution in [-0.2, 0) is 14.3 Å². The average molecular weight is 163 g/mol. The summed E-state index contributed by atoms with van der Waals surface area (Å²) < 4.78 is 10.1. The van der Waals surface area contributed by atoms with Crippen LogP contribution in [0.25, 0.3) is 0 Å². The minimum absolute atomic E-state index is 0.266. The lowest BCUT2D eigenvalue weighted by Gasteiger charge is -2.06. The number of rotatable bonds is 4. The van der Waals surface area contributed by atoms with E-state index in [0.29, 0.717) is 0 Å². The standard InChI is InChI=1S/C6H10O5/c7-2-5(3-8)1-6(10)11-4-9/h4-5,7-8H,1-3H2/i4D. The molecule has 0 amide bonds. The summed E-state index contributed by atoms with van der Waals surface area (Å²) in [6, 6.07) is 0. The lowest BCUT2D eigenvalue weighted by molar-refractivity contribution is -0.152. The first-order chi connectivity index (χ1) is 5.60. The van der Waals surface area contributed by atoms with E-state index in [-0.39, 0.29) is 19.6 Å². The fourth-order valence-corrected chi connectivity index (χ4v) is 0.511. The van der Waals surface area contributed by atoms with Gasteiger partial charge in [-0.15, -0.1) is 0 Å². The molecule has 0 unspecified atom stereocenters. The van der Waals surface area contributed by atoms with Crippen LogP contribution in [0.2, 0.25) is 0 Å². The van der Waals surface area contributed by atoms with Gasteiger partial charge in [-0.25, -0.2) is 0 Å². The Hall–Kier alpha value is -0.940. The normalized spacial score (nSPS) is 11.0. The second kappa shape index (κ2) is 5.82. The number of aliphatic hydroxyl groups excluding tert-OH is 2. The monoisotopic (exact) mass is 163 g/mol. The van der Waals surface area contributed by atoms with E-state index in [4.69, 9.17) is 11.6 Å². The molecule has 0 rings (SSSR count). The highest BCUT2D eigenvalue weighted by Gasteiger charge is 2.12. The summed E-state index contributed by atoms with van der Waals surface area (Å²) in [5.74, 6) is -1.54. The third kappa shape index (κ3) is 4.46. The van der Waals surface area contributed by atoms with Crippen LogP contribution in [0.5, 0.6) is 0 Å². The zero-order valence-electron chi connectivity index (χ0n) is 6.82. The molecule has 0 bridgehead atoms. The highest BCUT2D eigenvalue weighted by Crippen LogP contribution is 2.01. The lowest BCUT2D eigenvalue weighted by atomic mass is 10.1. The van der Waals surface area contributed by atoms with Crippen LogP contribution < -0.4 is 0 Å². The molecule has 0 saturated heterocycles. The maximum Gasteiger partial charge on any atom is 0.313 e. The molecular weight excluding hydrogens is 152 g/mol. The van der Waals surface area contributed by atoms with Gasteiger partial charge in [-0.1, -0.05) is 0 Å². The van der Waals surface area contributed by atoms with Crippen LogP contribution in [0.4, 0.5) is 0 Å². The first-order valence-electron chi connectivity index (χ1n) is 3.53. The van der Waals surface area contributed by atoms with Crippen LogP contribution in [0.1, 0.15) is 7.79 Å². The molecule has 0 aliphatic heterocycles. The maximum absolute atomic E-state index is 10.6. The molecule has 0 heterocycles. The summed E-state index contributed by atoms with van der Waals surface area (Å²) >= 11 is 0. The Morgan fingerprint density at radius 3 is 2.55 bits per heavy atom. The van der Waals surface area contributed by atoms with Crippen molar-refractivity contribution in [3.05, 3.63) is 0 Å². The van der Waals surface area contributed by atoms with Crippen molar-refractivity contribution in [3.8, 4) is 0 Å². The van der Waals surface area contributed by atoms with Gasteiger partial charge in [0.15, 0.2) is 1.37 Å². The third-order valence-corrected chi connectivity index (χ3v) is 1.13. The number of hydrogen-bond donors (Lipinski definition) is 2. The molecule has 11 heavy (non-hydrogen) atoms. The van der Waals surface area contributed by atoms with Crippen molar-refractivity contribution in [1.29, 1.82) is 0 Å². The maximum atomic E-state index is 10.6. The van der Waals surface area contributed by atoms with Gasteiger partial charge in [-0.05, 0) is 0 Å². The predicted octanol–water partition coefficient (Wildman–Crippen LogP) is -1.32. The Balaban J connectivity index is 3.74. The molecule has 0 aliphatic carbocycles. The molecular formula is C6H10O5. The third-order valence-electron chi connectivity index (χ3n) is 1.13. The summed E-state index contributed by atoms with van der Waals surface area (Å²) in [6.07, 6.45) is -1.70. The van der Waals surface area contributed by atoms with E-state index in [9.17, 15) is 9.59 Å². The molecule has 0 aromatic rings. The molecule has 0 radical (unpaired) electrons. The molecule has 0 saturated carbocycles. The molecule has 5 nitrogen and oxygen atoms in total. The quantitative estimate of drug-likeness (QED) is 0.305. The number of carbonyl (C=O) groups is 2. The largest absolute Gasteiger partial charge is 0.396 e. The smallest absolute Gasteiger partial charge is 0.313 e. The summed E-state index contributed by atoms with van der Waals surface area (Å²) in [5.41, 5.74) is 0. The van der Waals surface area contributed by atoms with E-state index in [1.54, 1.807) is 0 Å². The van der Waals surface area contributed by atoms with Crippen molar-refractivity contribution in [2.24, 2.45) is 5.92 Å².